The number of ether oxygens (including phenoxy) is 5. The molecular formula is C41H49NO10. The fourth-order valence-electron chi connectivity index (χ4n) is 5.25. The quantitative estimate of drug-likeness (QED) is 0.0208. The molecule has 0 aliphatic rings. The van der Waals surface area contributed by atoms with Crippen LogP contribution in [-0.4, -0.2) is 48.8 Å². The molecule has 0 aromatic heterocycles. The number of benzene rings is 3. The minimum absolute atomic E-state index is 0.0154. The molecule has 0 saturated heterocycles. The van der Waals surface area contributed by atoms with Crippen LogP contribution in [0.25, 0.3) is 11.1 Å². The number of hydrogen-bond donors (Lipinski definition) is 0. The lowest BCUT2D eigenvalue weighted by atomic mass is 10.0. The van der Waals surface area contributed by atoms with E-state index in [1.807, 2.05) is 36.4 Å². The van der Waals surface area contributed by atoms with Gasteiger partial charge in [0.15, 0.2) is 5.75 Å². The number of esters is 3. The molecule has 11 heteroatoms. The van der Waals surface area contributed by atoms with E-state index in [1.54, 1.807) is 19.1 Å². The number of nitrogens with zero attached hydrogens (tertiary/aromatic N) is 1. The Labute approximate surface area is 305 Å². The highest BCUT2D eigenvalue weighted by Gasteiger charge is 2.20. The van der Waals surface area contributed by atoms with Crippen LogP contribution in [0.1, 0.15) is 87.9 Å². The number of rotatable bonds is 25. The summed E-state index contributed by atoms with van der Waals surface area (Å²) in [5.41, 5.74) is 1.83. The number of carbonyl (C=O) groups is 3. The molecule has 11 nitrogen and oxygen atoms in total. The van der Waals surface area contributed by atoms with Crippen molar-refractivity contribution in [2.75, 3.05) is 19.8 Å². The van der Waals surface area contributed by atoms with E-state index in [2.05, 4.69) is 13.2 Å². The average molecular weight is 716 g/mol. The molecule has 3 aromatic carbocycles. The highest BCUT2D eigenvalue weighted by Crippen LogP contribution is 2.33. The fourth-order valence-corrected chi connectivity index (χ4v) is 5.25. The third kappa shape index (κ3) is 15.2. The normalized spacial score (nSPS) is 11.2. The maximum atomic E-state index is 12.9. The molecule has 0 amide bonds. The van der Waals surface area contributed by atoms with E-state index in [-0.39, 0.29) is 35.9 Å². The van der Waals surface area contributed by atoms with Crippen LogP contribution in [0.5, 0.6) is 17.2 Å². The van der Waals surface area contributed by atoms with Crippen molar-refractivity contribution in [2.45, 2.75) is 83.7 Å². The molecule has 52 heavy (non-hydrogen) atoms. The summed E-state index contributed by atoms with van der Waals surface area (Å²) in [7, 11) is 0. The van der Waals surface area contributed by atoms with Gasteiger partial charge in [-0.15, -0.1) is 0 Å². The maximum Gasteiger partial charge on any atom is 0.343 e. The van der Waals surface area contributed by atoms with E-state index in [1.165, 1.54) is 43.9 Å². The first kappa shape index (κ1) is 41.0. The van der Waals surface area contributed by atoms with Gasteiger partial charge in [0, 0.05) is 12.2 Å². The van der Waals surface area contributed by atoms with Crippen LogP contribution in [0.4, 0.5) is 5.69 Å². The lowest BCUT2D eigenvalue weighted by Gasteiger charge is -2.15. The molecule has 0 spiro atoms. The smallest absolute Gasteiger partial charge is 0.343 e. The van der Waals surface area contributed by atoms with Crippen LogP contribution in [0.15, 0.2) is 92.0 Å². The minimum atomic E-state index is -0.651. The highest BCUT2D eigenvalue weighted by molar-refractivity contribution is 5.91. The van der Waals surface area contributed by atoms with Crippen molar-refractivity contribution in [3.05, 3.63) is 108 Å². The van der Waals surface area contributed by atoms with Gasteiger partial charge in [-0.25, -0.2) is 14.4 Å². The number of hydrogen-bond acceptors (Lipinski definition) is 10. The van der Waals surface area contributed by atoms with Crippen molar-refractivity contribution in [3.63, 3.8) is 0 Å². The molecule has 0 bridgehead atoms. The molecule has 3 rings (SSSR count). The molecule has 0 saturated carbocycles. The second-order valence-corrected chi connectivity index (χ2v) is 12.2. The summed E-state index contributed by atoms with van der Waals surface area (Å²) in [5.74, 6) is -0.667. The number of nitro groups is 1. The Morgan fingerprint density at radius 1 is 0.692 bits per heavy atom. The van der Waals surface area contributed by atoms with Crippen molar-refractivity contribution < 1.29 is 43.0 Å². The van der Waals surface area contributed by atoms with Crippen molar-refractivity contribution in [3.8, 4) is 28.4 Å². The Hall–Kier alpha value is -5.45. The SMILES string of the molecule is C=CC(=O)OCCCCCCCCCCCOc1ccc(-c2ccc(C(=O)Oc3ccc(OC(C)CCCOC(=O)C=C)c([N+](=O)[O-])c3)cc2)cc1. The maximum absolute atomic E-state index is 12.9. The predicted octanol–water partition coefficient (Wildman–Crippen LogP) is 9.38. The first-order valence-electron chi connectivity index (χ1n) is 17.8. The summed E-state index contributed by atoms with van der Waals surface area (Å²) in [4.78, 5) is 46.1. The molecular weight excluding hydrogens is 666 g/mol. The van der Waals surface area contributed by atoms with E-state index in [4.69, 9.17) is 23.7 Å². The van der Waals surface area contributed by atoms with Gasteiger partial charge in [0.2, 0.25) is 0 Å². The average Bonchev–Trinajstić information content (AvgIpc) is 3.15. The summed E-state index contributed by atoms with van der Waals surface area (Å²) in [6.07, 6.45) is 12.9. The van der Waals surface area contributed by atoms with Crippen LogP contribution in [0.2, 0.25) is 0 Å². The van der Waals surface area contributed by atoms with Crippen LogP contribution in [-0.2, 0) is 19.1 Å². The van der Waals surface area contributed by atoms with Gasteiger partial charge in [-0.1, -0.05) is 82.4 Å². The first-order valence-corrected chi connectivity index (χ1v) is 17.8. The fraction of sp³-hybridized carbons (Fsp3) is 0.390. The van der Waals surface area contributed by atoms with Crippen molar-refractivity contribution in [2.24, 2.45) is 0 Å². The summed E-state index contributed by atoms with van der Waals surface area (Å²) >= 11 is 0. The molecule has 0 heterocycles. The van der Waals surface area contributed by atoms with Crippen molar-refractivity contribution in [1.29, 1.82) is 0 Å². The van der Waals surface area contributed by atoms with Crippen molar-refractivity contribution >= 4 is 23.6 Å². The molecule has 1 unspecified atom stereocenters. The monoisotopic (exact) mass is 715 g/mol. The first-order chi connectivity index (χ1) is 25.2. The second kappa shape index (κ2) is 23.1. The number of carbonyl (C=O) groups excluding carboxylic acids is 3. The molecule has 0 radical (unpaired) electrons. The Bertz CT molecular complexity index is 1600. The molecule has 3 aromatic rings. The third-order valence-electron chi connectivity index (χ3n) is 8.11. The molecule has 0 N–H and O–H groups in total. The Morgan fingerprint density at radius 2 is 1.19 bits per heavy atom. The zero-order chi connectivity index (χ0) is 37.6. The predicted molar refractivity (Wildman–Crippen MR) is 199 cm³/mol. The molecule has 0 aliphatic heterocycles. The highest BCUT2D eigenvalue weighted by atomic mass is 16.6. The lowest BCUT2D eigenvalue weighted by Crippen LogP contribution is -2.14. The summed E-state index contributed by atoms with van der Waals surface area (Å²) in [5, 5.41) is 11.7. The summed E-state index contributed by atoms with van der Waals surface area (Å²) in [6.45, 7) is 9.79. The van der Waals surface area contributed by atoms with Gasteiger partial charge in [0.1, 0.15) is 11.5 Å². The zero-order valence-corrected chi connectivity index (χ0v) is 29.9. The van der Waals surface area contributed by atoms with Crippen LogP contribution < -0.4 is 14.2 Å². The van der Waals surface area contributed by atoms with Gasteiger partial charge in [-0.2, -0.15) is 0 Å². The molecule has 1 atom stereocenters. The molecule has 278 valence electrons. The van der Waals surface area contributed by atoms with E-state index < -0.39 is 16.9 Å². The number of unbranched alkanes of at least 4 members (excludes halogenated alkanes) is 8. The zero-order valence-electron chi connectivity index (χ0n) is 29.9. The Balaban J connectivity index is 1.37. The Kier molecular flexibility index (Phi) is 18.2. The lowest BCUT2D eigenvalue weighted by molar-refractivity contribution is -0.386. The Morgan fingerprint density at radius 3 is 1.75 bits per heavy atom. The standard InChI is InChI=1S/C41H49NO10/c1-4-39(43)49-28-14-12-10-8-6-7-9-11-13-27-48-35-23-21-33(22-24-35)32-17-19-34(20-18-32)41(45)52-36-25-26-38(37(30-36)42(46)47)51-31(3)16-15-29-50-40(44)5-2/h4-5,17-26,30-31H,1-2,6-16,27-29H2,3H3. The van der Waals surface area contributed by atoms with Gasteiger partial charge in [-0.3, -0.25) is 10.1 Å². The van der Waals surface area contributed by atoms with Gasteiger partial charge in [-0.05, 0) is 80.1 Å². The van der Waals surface area contributed by atoms with Gasteiger partial charge in [0.05, 0.1) is 42.5 Å². The summed E-state index contributed by atoms with van der Waals surface area (Å²) in [6, 6.07) is 18.7. The van der Waals surface area contributed by atoms with Gasteiger partial charge < -0.3 is 23.7 Å². The van der Waals surface area contributed by atoms with E-state index >= 15 is 0 Å². The van der Waals surface area contributed by atoms with Crippen LogP contribution in [0, 0.1) is 10.1 Å². The molecule has 0 aliphatic carbocycles. The minimum Gasteiger partial charge on any atom is -0.494 e. The van der Waals surface area contributed by atoms with Crippen LogP contribution in [0.3, 0.4) is 0 Å². The second-order valence-electron chi connectivity index (χ2n) is 12.2. The third-order valence-corrected chi connectivity index (χ3v) is 8.11. The number of nitro benzene ring substituents is 1. The largest absolute Gasteiger partial charge is 0.494 e. The topological polar surface area (TPSA) is 141 Å². The van der Waals surface area contributed by atoms with E-state index in [0.29, 0.717) is 31.6 Å². The van der Waals surface area contributed by atoms with E-state index in [0.717, 1.165) is 61.1 Å². The summed E-state index contributed by atoms with van der Waals surface area (Å²) < 4.78 is 27.0. The van der Waals surface area contributed by atoms with Crippen LogP contribution >= 0.6 is 0 Å². The molecule has 0 fully saturated rings. The van der Waals surface area contributed by atoms with E-state index in [9.17, 15) is 24.5 Å². The van der Waals surface area contributed by atoms with Gasteiger partial charge in [0.25, 0.3) is 0 Å². The van der Waals surface area contributed by atoms with Crippen molar-refractivity contribution in [1.82, 2.24) is 0 Å². The van der Waals surface area contributed by atoms with Gasteiger partial charge >= 0.3 is 23.6 Å².